The second-order valence-corrected chi connectivity index (χ2v) is 4.04. The van der Waals surface area contributed by atoms with Crippen LogP contribution < -0.4 is 5.73 Å². The lowest BCUT2D eigenvalue weighted by Gasteiger charge is -1.99. The first-order chi connectivity index (χ1) is 5.41. The predicted octanol–water partition coefficient (Wildman–Crippen LogP) is 2.65. The number of hydrogen-bond acceptors (Lipinski definition) is 2. The maximum atomic E-state index is 5.38. The van der Waals surface area contributed by atoms with Gasteiger partial charge in [-0.05, 0) is 30.9 Å². The Morgan fingerprint density at radius 2 is 1.73 bits per heavy atom. The monoisotopic (exact) mass is 175 g/mol. The molecule has 2 heteroatoms. The van der Waals surface area contributed by atoms with Gasteiger partial charge in [0.05, 0.1) is 0 Å². The van der Waals surface area contributed by atoms with Gasteiger partial charge in [0.1, 0.15) is 0 Å². The Hall–Kier alpha value is 0.310. The molecule has 0 amide bonds. The molecule has 0 heterocycles. The summed E-state index contributed by atoms with van der Waals surface area (Å²) in [5, 5.41) is 0. The summed E-state index contributed by atoms with van der Waals surface area (Å²) in [6.07, 6.45) is 6.72. The van der Waals surface area contributed by atoms with E-state index in [2.05, 4.69) is 6.92 Å². The highest BCUT2D eigenvalue weighted by Gasteiger charge is 1.89. The average Bonchev–Trinajstić information content (AvgIpc) is 2.03. The zero-order valence-corrected chi connectivity index (χ0v) is 8.46. The van der Waals surface area contributed by atoms with Gasteiger partial charge in [0.2, 0.25) is 0 Å². The fourth-order valence-electron chi connectivity index (χ4n) is 0.918. The molecule has 0 aromatic carbocycles. The highest BCUT2D eigenvalue weighted by atomic mass is 32.2. The summed E-state index contributed by atoms with van der Waals surface area (Å²) in [5.74, 6) is 2.59. The van der Waals surface area contributed by atoms with Crippen molar-refractivity contribution in [2.24, 2.45) is 5.73 Å². The molecule has 0 aliphatic rings. The first kappa shape index (κ1) is 11.3. The summed E-state index contributed by atoms with van der Waals surface area (Å²) in [6.45, 7) is 3.10. The van der Waals surface area contributed by atoms with Crippen LogP contribution in [-0.2, 0) is 0 Å². The topological polar surface area (TPSA) is 26.0 Å². The first-order valence-electron chi connectivity index (χ1n) is 4.69. The number of rotatable bonds is 8. The van der Waals surface area contributed by atoms with Gasteiger partial charge in [-0.15, -0.1) is 0 Å². The minimum atomic E-state index is 0.849. The van der Waals surface area contributed by atoms with Crippen molar-refractivity contribution in [1.82, 2.24) is 0 Å². The minimum absolute atomic E-state index is 0.849. The Bertz CT molecular complexity index is 58.6. The summed E-state index contributed by atoms with van der Waals surface area (Å²) < 4.78 is 0. The third kappa shape index (κ3) is 10.3. The van der Waals surface area contributed by atoms with Gasteiger partial charge in [0.25, 0.3) is 0 Å². The van der Waals surface area contributed by atoms with Crippen LogP contribution in [0, 0.1) is 0 Å². The number of unbranched alkanes of at least 4 members (excludes halogenated alkanes) is 3. The first-order valence-corrected chi connectivity index (χ1v) is 5.85. The standard InChI is InChI=1S/C9H21NS/c1-2-3-4-5-8-11-9-6-7-10/h2-10H2,1H3. The highest BCUT2D eigenvalue weighted by molar-refractivity contribution is 7.99. The van der Waals surface area contributed by atoms with Gasteiger partial charge in [-0.25, -0.2) is 0 Å². The van der Waals surface area contributed by atoms with E-state index in [1.165, 1.54) is 43.6 Å². The van der Waals surface area contributed by atoms with Crippen LogP contribution in [0.4, 0.5) is 0 Å². The van der Waals surface area contributed by atoms with Crippen LogP contribution in [0.3, 0.4) is 0 Å². The van der Waals surface area contributed by atoms with Crippen molar-refractivity contribution < 1.29 is 0 Å². The van der Waals surface area contributed by atoms with Crippen molar-refractivity contribution in [2.45, 2.75) is 39.0 Å². The summed E-state index contributed by atoms with van der Waals surface area (Å²) in [5.41, 5.74) is 5.38. The quantitative estimate of drug-likeness (QED) is 0.574. The van der Waals surface area contributed by atoms with E-state index in [4.69, 9.17) is 5.73 Å². The second kappa shape index (κ2) is 10.3. The fraction of sp³-hybridized carbons (Fsp3) is 1.00. The zero-order chi connectivity index (χ0) is 8.36. The van der Waals surface area contributed by atoms with E-state index in [0.29, 0.717) is 0 Å². The van der Waals surface area contributed by atoms with Crippen molar-refractivity contribution in [2.75, 3.05) is 18.1 Å². The lowest BCUT2D eigenvalue weighted by Crippen LogP contribution is -1.99. The van der Waals surface area contributed by atoms with Crippen LogP contribution in [0.1, 0.15) is 39.0 Å². The van der Waals surface area contributed by atoms with Crippen molar-refractivity contribution >= 4 is 11.8 Å². The van der Waals surface area contributed by atoms with Gasteiger partial charge in [0.15, 0.2) is 0 Å². The van der Waals surface area contributed by atoms with E-state index in [1.807, 2.05) is 11.8 Å². The second-order valence-electron chi connectivity index (χ2n) is 2.82. The molecule has 11 heavy (non-hydrogen) atoms. The Morgan fingerprint density at radius 1 is 1.00 bits per heavy atom. The van der Waals surface area contributed by atoms with Gasteiger partial charge < -0.3 is 5.73 Å². The Labute approximate surface area is 75.1 Å². The molecule has 0 saturated heterocycles. The van der Waals surface area contributed by atoms with Gasteiger partial charge in [-0.2, -0.15) is 11.8 Å². The Balaban J connectivity index is 2.69. The predicted molar refractivity (Wildman–Crippen MR) is 55.1 cm³/mol. The van der Waals surface area contributed by atoms with E-state index in [0.717, 1.165) is 6.54 Å². The molecular weight excluding hydrogens is 154 g/mol. The van der Waals surface area contributed by atoms with Gasteiger partial charge >= 0.3 is 0 Å². The molecule has 0 saturated carbocycles. The smallest absolute Gasteiger partial charge is 0.00555 e. The SMILES string of the molecule is CCCCCCSCCCN. The van der Waals surface area contributed by atoms with Crippen LogP contribution in [-0.4, -0.2) is 18.1 Å². The third-order valence-corrected chi connectivity index (χ3v) is 2.79. The minimum Gasteiger partial charge on any atom is -0.330 e. The van der Waals surface area contributed by atoms with Gasteiger partial charge in [0, 0.05) is 0 Å². The average molecular weight is 175 g/mol. The zero-order valence-electron chi connectivity index (χ0n) is 7.64. The molecule has 0 aromatic rings. The molecule has 68 valence electrons. The molecule has 0 rings (SSSR count). The lowest BCUT2D eigenvalue weighted by atomic mass is 10.2. The number of nitrogens with two attached hydrogens (primary N) is 1. The van der Waals surface area contributed by atoms with Crippen LogP contribution in [0.2, 0.25) is 0 Å². The molecule has 0 atom stereocenters. The summed E-state index contributed by atoms with van der Waals surface area (Å²) >= 11 is 2.05. The molecule has 0 aliphatic heterocycles. The molecule has 0 radical (unpaired) electrons. The molecule has 2 N–H and O–H groups in total. The number of hydrogen-bond donors (Lipinski definition) is 1. The summed E-state index contributed by atoms with van der Waals surface area (Å²) in [7, 11) is 0. The van der Waals surface area contributed by atoms with Gasteiger partial charge in [-0.1, -0.05) is 26.2 Å². The van der Waals surface area contributed by atoms with Crippen molar-refractivity contribution in [1.29, 1.82) is 0 Å². The van der Waals surface area contributed by atoms with E-state index < -0.39 is 0 Å². The highest BCUT2D eigenvalue weighted by Crippen LogP contribution is 2.07. The Morgan fingerprint density at radius 3 is 2.36 bits per heavy atom. The van der Waals surface area contributed by atoms with Crippen molar-refractivity contribution in [3.05, 3.63) is 0 Å². The molecule has 0 aromatic heterocycles. The molecule has 0 spiro atoms. The molecule has 0 unspecified atom stereocenters. The largest absolute Gasteiger partial charge is 0.330 e. The third-order valence-electron chi connectivity index (χ3n) is 1.64. The fourth-order valence-corrected chi connectivity index (χ4v) is 1.90. The van der Waals surface area contributed by atoms with Crippen molar-refractivity contribution in [3.8, 4) is 0 Å². The van der Waals surface area contributed by atoms with E-state index in [1.54, 1.807) is 0 Å². The van der Waals surface area contributed by atoms with Crippen LogP contribution in [0.5, 0.6) is 0 Å². The van der Waals surface area contributed by atoms with E-state index in [9.17, 15) is 0 Å². The molecule has 1 nitrogen and oxygen atoms in total. The lowest BCUT2D eigenvalue weighted by molar-refractivity contribution is 0.706. The van der Waals surface area contributed by atoms with E-state index in [-0.39, 0.29) is 0 Å². The van der Waals surface area contributed by atoms with Crippen LogP contribution in [0.25, 0.3) is 0 Å². The maximum absolute atomic E-state index is 5.38. The normalized spacial score (nSPS) is 10.4. The molecule has 0 fully saturated rings. The van der Waals surface area contributed by atoms with Crippen LogP contribution in [0.15, 0.2) is 0 Å². The maximum Gasteiger partial charge on any atom is -0.00555 e. The van der Waals surface area contributed by atoms with Gasteiger partial charge in [-0.3, -0.25) is 0 Å². The molecule has 0 bridgehead atoms. The summed E-state index contributed by atoms with van der Waals surface area (Å²) in [4.78, 5) is 0. The summed E-state index contributed by atoms with van der Waals surface area (Å²) in [6, 6.07) is 0. The Kier molecular flexibility index (Phi) is 10.6. The van der Waals surface area contributed by atoms with Crippen molar-refractivity contribution in [3.63, 3.8) is 0 Å². The molecular formula is C9H21NS. The number of thioether (sulfide) groups is 1. The van der Waals surface area contributed by atoms with Crippen LogP contribution >= 0.6 is 11.8 Å². The molecule has 0 aliphatic carbocycles. The van der Waals surface area contributed by atoms with E-state index >= 15 is 0 Å².